The zero-order chi connectivity index (χ0) is 14.2. The quantitative estimate of drug-likeness (QED) is 0.788. The first kappa shape index (κ1) is 14.2. The van der Waals surface area contributed by atoms with Gasteiger partial charge < -0.3 is 10.8 Å². The molecule has 2 unspecified atom stereocenters. The Morgan fingerprint density at radius 1 is 1.47 bits per heavy atom. The molecule has 1 heterocycles. The first-order valence-corrected chi connectivity index (χ1v) is 7.49. The highest BCUT2D eigenvalue weighted by atomic mass is 32.2. The molecule has 0 aromatic heterocycles. The van der Waals surface area contributed by atoms with Crippen LogP contribution < -0.4 is 5.73 Å². The topological polar surface area (TPSA) is 83.6 Å². The van der Waals surface area contributed by atoms with E-state index in [9.17, 15) is 17.9 Å². The van der Waals surface area contributed by atoms with Gasteiger partial charge in [0.2, 0.25) is 10.0 Å². The van der Waals surface area contributed by atoms with Gasteiger partial charge in [0.15, 0.2) is 0 Å². The SMILES string of the molecule is CC1CN(S(=O)(=O)c2ccc(F)cc2N)CCC1O. The number of nitrogen functional groups attached to an aromatic ring is 1. The molecule has 0 radical (unpaired) electrons. The van der Waals surface area contributed by atoms with E-state index in [1.54, 1.807) is 6.92 Å². The van der Waals surface area contributed by atoms with Crippen LogP contribution in [0.25, 0.3) is 0 Å². The van der Waals surface area contributed by atoms with Gasteiger partial charge in [-0.1, -0.05) is 6.92 Å². The molecule has 0 saturated carbocycles. The minimum absolute atomic E-state index is 0.0857. The number of nitrogens with two attached hydrogens (primary N) is 1. The van der Waals surface area contributed by atoms with Crippen LogP contribution in [0.5, 0.6) is 0 Å². The third-order valence-corrected chi connectivity index (χ3v) is 5.35. The lowest BCUT2D eigenvalue weighted by Gasteiger charge is -2.33. The molecule has 19 heavy (non-hydrogen) atoms. The van der Waals surface area contributed by atoms with E-state index in [2.05, 4.69) is 0 Å². The fraction of sp³-hybridized carbons (Fsp3) is 0.500. The summed E-state index contributed by atoms with van der Waals surface area (Å²) < 4.78 is 39.1. The summed E-state index contributed by atoms with van der Waals surface area (Å²) in [5.41, 5.74) is 5.48. The molecule has 0 spiro atoms. The summed E-state index contributed by atoms with van der Waals surface area (Å²) in [5, 5.41) is 9.63. The lowest BCUT2D eigenvalue weighted by Crippen LogP contribution is -2.45. The second-order valence-corrected chi connectivity index (χ2v) is 6.78. The third-order valence-electron chi connectivity index (χ3n) is 3.41. The highest BCUT2D eigenvalue weighted by Crippen LogP contribution is 2.27. The van der Waals surface area contributed by atoms with Gasteiger partial charge in [0.05, 0.1) is 11.8 Å². The van der Waals surface area contributed by atoms with Gasteiger partial charge in [-0.2, -0.15) is 4.31 Å². The van der Waals surface area contributed by atoms with E-state index in [1.807, 2.05) is 0 Å². The number of sulfonamides is 1. The first-order valence-electron chi connectivity index (χ1n) is 6.05. The van der Waals surface area contributed by atoms with Crippen molar-refractivity contribution >= 4 is 15.7 Å². The number of hydrogen-bond acceptors (Lipinski definition) is 4. The van der Waals surface area contributed by atoms with Crippen molar-refractivity contribution in [1.82, 2.24) is 4.31 Å². The van der Waals surface area contributed by atoms with Gasteiger partial charge in [0, 0.05) is 13.1 Å². The van der Waals surface area contributed by atoms with Gasteiger partial charge in [-0.15, -0.1) is 0 Å². The molecule has 5 nitrogen and oxygen atoms in total. The van der Waals surface area contributed by atoms with Crippen LogP contribution in [-0.4, -0.2) is 37.0 Å². The molecule has 3 N–H and O–H groups in total. The highest BCUT2D eigenvalue weighted by Gasteiger charge is 2.33. The van der Waals surface area contributed by atoms with Crippen molar-refractivity contribution in [3.05, 3.63) is 24.0 Å². The molecule has 0 bridgehead atoms. The predicted molar refractivity (Wildman–Crippen MR) is 69.4 cm³/mol. The standard InChI is InChI=1S/C12H17FN2O3S/c1-8-7-15(5-4-11(8)16)19(17,18)12-3-2-9(13)6-10(12)14/h2-3,6,8,11,16H,4-5,7,14H2,1H3. The van der Waals surface area contributed by atoms with Crippen molar-refractivity contribution in [3.63, 3.8) is 0 Å². The monoisotopic (exact) mass is 288 g/mol. The molecular weight excluding hydrogens is 271 g/mol. The van der Waals surface area contributed by atoms with E-state index in [-0.39, 0.29) is 29.6 Å². The normalized spacial score (nSPS) is 25.4. The van der Waals surface area contributed by atoms with Crippen LogP contribution in [0.15, 0.2) is 23.1 Å². The molecule has 0 aliphatic carbocycles. The molecule has 0 amide bonds. The Balaban J connectivity index is 2.32. The molecule has 1 aromatic carbocycles. The number of halogens is 1. The number of nitrogens with zero attached hydrogens (tertiary/aromatic N) is 1. The second-order valence-electron chi connectivity index (χ2n) is 4.88. The summed E-state index contributed by atoms with van der Waals surface area (Å²) in [7, 11) is -3.74. The van der Waals surface area contributed by atoms with Crippen molar-refractivity contribution in [2.24, 2.45) is 5.92 Å². The molecule has 106 valence electrons. The molecular formula is C12H17FN2O3S. The van der Waals surface area contributed by atoms with E-state index < -0.39 is 21.9 Å². The lowest BCUT2D eigenvalue weighted by atomic mass is 9.99. The summed E-state index contributed by atoms with van der Waals surface area (Å²) in [5.74, 6) is -0.705. The summed E-state index contributed by atoms with van der Waals surface area (Å²) >= 11 is 0. The Labute approximate surface area is 111 Å². The summed E-state index contributed by atoms with van der Waals surface area (Å²) in [6.45, 7) is 2.27. The van der Waals surface area contributed by atoms with Gasteiger partial charge in [-0.25, -0.2) is 12.8 Å². The van der Waals surface area contributed by atoms with Crippen LogP contribution >= 0.6 is 0 Å². The van der Waals surface area contributed by atoms with Crippen molar-refractivity contribution in [2.75, 3.05) is 18.8 Å². The molecule has 7 heteroatoms. The van der Waals surface area contributed by atoms with E-state index in [0.29, 0.717) is 6.42 Å². The molecule has 1 aromatic rings. The maximum Gasteiger partial charge on any atom is 0.245 e. The number of anilines is 1. The van der Waals surface area contributed by atoms with Gasteiger partial charge >= 0.3 is 0 Å². The van der Waals surface area contributed by atoms with E-state index in [1.165, 1.54) is 10.4 Å². The maximum absolute atomic E-state index is 13.0. The molecule has 1 fully saturated rings. The van der Waals surface area contributed by atoms with Crippen LogP contribution in [0.1, 0.15) is 13.3 Å². The van der Waals surface area contributed by atoms with Crippen LogP contribution in [0.3, 0.4) is 0 Å². The van der Waals surface area contributed by atoms with E-state index in [4.69, 9.17) is 5.73 Å². The fourth-order valence-corrected chi connectivity index (χ4v) is 3.86. The zero-order valence-corrected chi connectivity index (χ0v) is 11.4. The summed E-state index contributed by atoms with van der Waals surface area (Å²) in [6, 6.07) is 3.25. The van der Waals surface area contributed by atoms with Crippen LogP contribution in [0.4, 0.5) is 10.1 Å². The maximum atomic E-state index is 13.0. The third kappa shape index (κ3) is 2.72. The van der Waals surface area contributed by atoms with Gasteiger partial charge in [0.25, 0.3) is 0 Å². The van der Waals surface area contributed by atoms with Crippen molar-refractivity contribution in [3.8, 4) is 0 Å². The second kappa shape index (κ2) is 5.07. The average molecular weight is 288 g/mol. The van der Waals surface area contributed by atoms with Crippen LogP contribution in [-0.2, 0) is 10.0 Å². The average Bonchev–Trinajstić information content (AvgIpc) is 2.32. The fourth-order valence-electron chi connectivity index (χ4n) is 2.21. The van der Waals surface area contributed by atoms with Crippen molar-refractivity contribution < 1.29 is 17.9 Å². The zero-order valence-electron chi connectivity index (χ0n) is 10.6. The summed E-state index contributed by atoms with van der Waals surface area (Å²) in [4.78, 5) is -0.0857. The number of benzene rings is 1. The van der Waals surface area contributed by atoms with Crippen LogP contribution in [0, 0.1) is 11.7 Å². The number of piperidine rings is 1. The largest absolute Gasteiger partial charge is 0.398 e. The molecule has 1 saturated heterocycles. The Morgan fingerprint density at radius 2 is 2.16 bits per heavy atom. The first-order chi connectivity index (χ1) is 8.82. The number of rotatable bonds is 2. The van der Waals surface area contributed by atoms with E-state index >= 15 is 0 Å². The minimum Gasteiger partial charge on any atom is -0.398 e. The molecule has 2 atom stereocenters. The van der Waals surface area contributed by atoms with Crippen LogP contribution in [0.2, 0.25) is 0 Å². The number of aliphatic hydroxyl groups is 1. The Hall–Kier alpha value is -1.18. The number of hydrogen-bond donors (Lipinski definition) is 2. The summed E-state index contributed by atoms with van der Waals surface area (Å²) in [6.07, 6.45) is -0.0985. The predicted octanol–water partition coefficient (Wildman–Crippen LogP) is 0.799. The smallest absolute Gasteiger partial charge is 0.245 e. The Bertz CT molecular complexity index is 576. The van der Waals surface area contributed by atoms with Gasteiger partial charge in [-0.3, -0.25) is 0 Å². The van der Waals surface area contributed by atoms with E-state index in [0.717, 1.165) is 12.1 Å². The lowest BCUT2D eigenvalue weighted by molar-refractivity contribution is 0.0629. The highest BCUT2D eigenvalue weighted by molar-refractivity contribution is 7.89. The Morgan fingerprint density at radius 3 is 2.74 bits per heavy atom. The minimum atomic E-state index is -3.74. The Kier molecular flexibility index (Phi) is 3.80. The number of aliphatic hydroxyl groups excluding tert-OH is 1. The van der Waals surface area contributed by atoms with Crippen molar-refractivity contribution in [1.29, 1.82) is 0 Å². The van der Waals surface area contributed by atoms with Gasteiger partial charge in [-0.05, 0) is 30.5 Å². The molecule has 1 aliphatic heterocycles. The molecule has 2 rings (SSSR count). The molecule has 1 aliphatic rings. The van der Waals surface area contributed by atoms with Crippen molar-refractivity contribution in [2.45, 2.75) is 24.3 Å². The van der Waals surface area contributed by atoms with Gasteiger partial charge in [0.1, 0.15) is 10.7 Å².